The average molecular weight is 217 g/mol. The molecule has 0 radical (unpaired) electrons. The number of nitrogens with two attached hydrogens (primary N) is 1. The highest BCUT2D eigenvalue weighted by Gasteiger charge is 2.11. The highest BCUT2D eigenvalue weighted by molar-refractivity contribution is 5.97. The van der Waals surface area contributed by atoms with Crippen LogP contribution in [0.5, 0.6) is 5.75 Å². The molecule has 0 atom stereocenters. The zero-order chi connectivity index (χ0) is 11.7. The van der Waals surface area contributed by atoms with E-state index in [-0.39, 0.29) is 17.4 Å². The minimum atomic E-state index is -0.223. The van der Waals surface area contributed by atoms with Gasteiger partial charge in [-0.25, -0.2) is 9.97 Å². The van der Waals surface area contributed by atoms with Crippen LogP contribution in [0.3, 0.4) is 0 Å². The summed E-state index contributed by atoms with van der Waals surface area (Å²) in [6.45, 7) is 1.40. The van der Waals surface area contributed by atoms with Crippen LogP contribution in [0.4, 0.5) is 5.82 Å². The first-order valence-corrected chi connectivity index (χ1v) is 4.74. The molecule has 0 bridgehead atoms. The number of nitrogen functional groups attached to an aromatic ring is 1. The molecule has 0 spiro atoms. The molecule has 1 heterocycles. The van der Waals surface area contributed by atoms with Crippen molar-refractivity contribution in [2.45, 2.75) is 6.92 Å². The summed E-state index contributed by atoms with van der Waals surface area (Å²) in [6.07, 6.45) is 0. The van der Waals surface area contributed by atoms with Gasteiger partial charge in [0.1, 0.15) is 17.1 Å². The summed E-state index contributed by atoms with van der Waals surface area (Å²) in [7, 11) is 1.54. The lowest BCUT2D eigenvalue weighted by Gasteiger charge is -2.06. The van der Waals surface area contributed by atoms with Gasteiger partial charge in [0.15, 0.2) is 11.6 Å². The zero-order valence-corrected chi connectivity index (χ0v) is 9.02. The Morgan fingerprint density at radius 1 is 1.38 bits per heavy atom. The van der Waals surface area contributed by atoms with E-state index >= 15 is 0 Å². The van der Waals surface area contributed by atoms with Gasteiger partial charge >= 0.3 is 0 Å². The number of carbonyl (C=O) groups excluding carboxylic acids is 1. The van der Waals surface area contributed by atoms with E-state index < -0.39 is 0 Å². The van der Waals surface area contributed by atoms with Crippen molar-refractivity contribution in [2.24, 2.45) is 0 Å². The lowest BCUT2D eigenvalue weighted by Crippen LogP contribution is -2.05. The molecule has 16 heavy (non-hydrogen) atoms. The number of ketones is 1. The molecule has 5 heteroatoms. The molecule has 0 fully saturated rings. The quantitative estimate of drug-likeness (QED) is 0.770. The van der Waals surface area contributed by atoms with Crippen LogP contribution in [0.1, 0.15) is 17.5 Å². The van der Waals surface area contributed by atoms with Crippen molar-refractivity contribution in [3.8, 4) is 5.75 Å². The van der Waals surface area contributed by atoms with E-state index in [0.29, 0.717) is 16.7 Å². The number of rotatable bonds is 2. The summed E-state index contributed by atoms with van der Waals surface area (Å²) in [6, 6.07) is 5.35. The second-order valence-electron chi connectivity index (χ2n) is 3.35. The highest BCUT2D eigenvalue weighted by Crippen LogP contribution is 2.26. The molecule has 1 aromatic carbocycles. The molecule has 0 saturated carbocycles. The summed E-state index contributed by atoms with van der Waals surface area (Å²) < 4.78 is 5.16. The van der Waals surface area contributed by atoms with E-state index in [9.17, 15) is 4.79 Å². The first-order valence-electron chi connectivity index (χ1n) is 4.74. The van der Waals surface area contributed by atoms with Crippen LogP contribution >= 0.6 is 0 Å². The smallest absolute Gasteiger partial charge is 0.198 e. The van der Waals surface area contributed by atoms with Gasteiger partial charge in [-0.1, -0.05) is 6.07 Å². The third kappa shape index (κ3) is 1.56. The third-order valence-corrected chi connectivity index (χ3v) is 2.25. The Hall–Kier alpha value is -2.17. The van der Waals surface area contributed by atoms with Crippen LogP contribution in [0.2, 0.25) is 0 Å². The highest BCUT2D eigenvalue weighted by atomic mass is 16.5. The Balaban J connectivity index is 2.82. The van der Waals surface area contributed by atoms with Gasteiger partial charge in [0.25, 0.3) is 0 Å². The topological polar surface area (TPSA) is 78.1 Å². The zero-order valence-electron chi connectivity index (χ0n) is 9.02. The Morgan fingerprint density at radius 2 is 2.12 bits per heavy atom. The van der Waals surface area contributed by atoms with Crippen molar-refractivity contribution < 1.29 is 9.53 Å². The molecule has 0 amide bonds. The van der Waals surface area contributed by atoms with E-state index in [1.54, 1.807) is 25.3 Å². The fourth-order valence-electron chi connectivity index (χ4n) is 1.47. The SMILES string of the molecule is COc1cccc2c(N)nc(C(C)=O)nc12. The predicted molar refractivity (Wildman–Crippen MR) is 60.5 cm³/mol. The van der Waals surface area contributed by atoms with Crippen molar-refractivity contribution in [3.63, 3.8) is 0 Å². The van der Waals surface area contributed by atoms with Gasteiger partial charge in [-0.15, -0.1) is 0 Å². The molecular weight excluding hydrogens is 206 g/mol. The Kier molecular flexibility index (Phi) is 2.44. The van der Waals surface area contributed by atoms with E-state index in [0.717, 1.165) is 0 Å². The molecule has 0 saturated heterocycles. The second kappa shape index (κ2) is 3.77. The number of Topliss-reactive ketones (excluding diaryl/α,β-unsaturated/α-hetero) is 1. The number of hydrogen-bond donors (Lipinski definition) is 1. The standard InChI is InChI=1S/C11H11N3O2/c1-6(15)11-13-9-7(10(12)14-11)4-3-5-8(9)16-2/h3-5H,1-2H3,(H2,12,13,14). The largest absolute Gasteiger partial charge is 0.494 e. The van der Waals surface area contributed by atoms with Crippen molar-refractivity contribution in [1.82, 2.24) is 9.97 Å². The monoisotopic (exact) mass is 217 g/mol. The van der Waals surface area contributed by atoms with E-state index in [1.807, 2.05) is 0 Å². The number of carbonyl (C=O) groups is 1. The predicted octanol–water partition coefficient (Wildman–Crippen LogP) is 1.42. The lowest BCUT2D eigenvalue weighted by molar-refractivity contribution is 0.100. The van der Waals surface area contributed by atoms with Gasteiger partial charge < -0.3 is 10.5 Å². The van der Waals surface area contributed by atoms with Crippen LogP contribution < -0.4 is 10.5 Å². The number of nitrogens with zero attached hydrogens (tertiary/aromatic N) is 2. The van der Waals surface area contributed by atoms with Crippen LogP contribution in [0, 0.1) is 0 Å². The minimum absolute atomic E-state index is 0.106. The third-order valence-electron chi connectivity index (χ3n) is 2.25. The summed E-state index contributed by atoms with van der Waals surface area (Å²) in [4.78, 5) is 19.3. The molecule has 2 N–H and O–H groups in total. The van der Waals surface area contributed by atoms with Crippen LogP contribution in [-0.2, 0) is 0 Å². The summed E-state index contributed by atoms with van der Waals surface area (Å²) >= 11 is 0. The molecule has 0 aliphatic rings. The second-order valence-corrected chi connectivity index (χ2v) is 3.35. The normalized spacial score (nSPS) is 10.4. The average Bonchev–Trinajstić information content (AvgIpc) is 2.28. The van der Waals surface area contributed by atoms with Gasteiger partial charge in [-0.05, 0) is 12.1 Å². The summed E-state index contributed by atoms with van der Waals surface area (Å²) in [5, 5.41) is 0.685. The molecule has 2 rings (SSSR count). The van der Waals surface area contributed by atoms with E-state index in [4.69, 9.17) is 10.5 Å². The Morgan fingerprint density at radius 3 is 2.75 bits per heavy atom. The molecule has 82 valence electrons. The molecular formula is C11H11N3O2. The van der Waals surface area contributed by atoms with Gasteiger partial charge in [0.05, 0.1) is 7.11 Å². The minimum Gasteiger partial charge on any atom is -0.494 e. The van der Waals surface area contributed by atoms with Crippen molar-refractivity contribution in [2.75, 3.05) is 12.8 Å². The first-order chi connectivity index (χ1) is 7.63. The lowest BCUT2D eigenvalue weighted by atomic mass is 10.2. The van der Waals surface area contributed by atoms with Crippen LogP contribution in [0.15, 0.2) is 18.2 Å². The molecule has 5 nitrogen and oxygen atoms in total. The fraction of sp³-hybridized carbons (Fsp3) is 0.182. The summed E-state index contributed by atoms with van der Waals surface area (Å²) in [5.41, 5.74) is 6.32. The molecule has 0 aliphatic heterocycles. The summed E-state index contributed by atoms with van der Waals surface area (Å²) in [5.74, 6) is 0.747. The van der Waals surface area contributed by atoms with Crippen molar-refractivity contribution in [3.05, 3.63) is 24.0 Å². The number of benzene rings is 1. The first kappa shape index (κ1) is 10.4. The van der Waals surface area contributed by atoms with Crippen molar-refractivity contribution in [1.29, 1.82) is 0 Å². The fourth-order valence-corrected chi connectivity index (χ4v) is 1.47. The molecule has 2 aromatic rings. The molecule has 0 aliphatic carbocycles. The maximum absolute atomic E-state index is 11.2. The van der Waals surface area contributed by atoms with Gasteiger partial charge in [0, 0.05) is 12.3 Å². The van der Waals surface area contributed by atoms with E-state index in [1.165, 1.54) is 6.92 Å². The van der Waals surface area contributed by atoms with Crippen molar-refractivity contribution >= 4 is 22.5 Å². The maximum atomic E-state index is 11.2. The number of aromatic nitrogens is 2. The Labute approximate surface area is 92.3 Å². The van der Waals surface area contributed by atoms with Gasteiger partial charge in [0.2, 0.25) is 0 Å². The number of ether oxygens (including phenoxy) is 1. The van der Waals surface area contributed by atoms with E-state index in [2.05, 4.69) is 9.97 Å². The maximum Gasteiger partial charge on any atom is 0.198 e. The number of methoxy groups -OCH3 is 1. The number of anilines is 1. The Bertz CT molecular complexity index is 566. The van der Waals surface area contributed by atoms with Crippen LogP contribution in [0.25, 0.3) is 10.9 Å². The van der Waals surface area contributed by atoms with Crippen LogP contribution in [-0.4, -0.2) is 22.9 Å². The number of hydrogen-bond acceptors (Lipinski definition) is 5. The number of fused-ring (bicyclic) bond motifs is 1. The van der Waals surface area contributed by atoms with Gasteiger partial charge in [-0.2, -0.15) is 0 Å². The van der Waals surface area contributed by atoms with Gasteiger partial charge in [-0.3, -0.25) is 4.79 Å². The number of para-hydroxylation sites is 1. The molecule has 0 unspecified atom stereocenters. The molecule has 1 aromatic heterocycles.